The lowest BCUT2D eigenvalue weighted by Gasteiger charge is -2.26. The van der Waals surface area contributed by atoms with Crippen LogP contribution in [0.15, 0.2) is 23.6 Å². The summed E-state index contributed by atoms with van der Waals surface area (Å²) in [6.45, 7) is 7.06. The molecule has 11 heteroatoms. The maximum Gasteiger partial charge on any atom is 0.251 e. The summed E-state index contributed by atoms with van der Waals surface area (Å²) < 4.78 is 5.49. The van der Waals surface area contributed by atoms with E-state index in [0.29, 0.717) is 33.8 Å². The number of likely N-dealkylation sites (tertiary alicyclic amines) is 1. The molecule has 0 bridgehead atoms. The predicted octanol–water partition coefficient (Wildman–Crippen LogP) is 4.50. The molecule has 3 heterocycles. The number of anilines is 3. The van der Waals surface area contributed by atoms with E-state index in [1.54, 1.807) is 25.3 Å². The van der Waals surface area contributed by atoms with Crippen molar-refractivity contribution in [2.24, 2.45) is 0 Å². The lowest BCUT2D eigenvalue weighted by Crippen LogP contribution is -2.37. The molecule has 0 aliphatic carbocycles. The van der Waals surface area contributed by atoms with Gasteiger partial charge in [0, 0.05) is 31.0 Å². The van der Waals surface area contributed by atoms with Gasteiger partial charge in [0.05, 0.1) is 29.1 Å². The number of rotatable bonds is 9. The molecule has 1 saturated heterocycles. The van der Waals surface area contributed by atoms with Gasteiger partial charge in [-0.05, 0) is 51.1 Å². The van der Waals surface area contributed by atoms with Crippen molar-refractivity contribution in [3.05, 3.63) is 34.8 Å². The summed E-state index contributed by atoms with van der Waals surface area (Å²) in [5, 5.41) is 12.2. The minimum Gasteiger partial charge on any atom is -0.495 e. The van der Waals surface area contributed by atoms with Crippen LogP contribution < -0.4 is 20.7 Å². The number of nitrogens with one attached hydrogen (secondary N) is 3. The van der Waals surface area contributed by atoms with Gasteiger partial charge in [-0.25, -0.2) is 9.97 Å². The van der Waals surface area contributed by atoms with Gasteiger partial charge in [0.15, 0.2) is 10.3 Å². The quantitative estimate of drug-likeness (QED) is 0.386. The molecule has 0 saturated carbocycles. The SMILES string of the molecule is COc1ccc(C(=O)NCCN2CCCCC2)cc1Nc1nc(-c2sc(NC(C)=O)nc2C)cs1. The van der Waals surface area contributed by atoms with Crippen LogP contribution in [-0.2, 0) is 4.79 Å². The van der Waals surface area contributed by atoms with Gasteiger partial charge in [0.1, 0.15) is 5.75 Å². The molecule has 0 unspecified atom stereocenters. The molecule has 2 amide bonds. The van der Waals surface area contributed by atoms with Crippen LogP contribution in [0.4, 0.5) is 16.0 Å². The molecule has 0 radical (unpaired) electrons. The molecular weight excluding hydrogens is 484 g/mol. The summed E-state index contributed by atoms with van der Waals surface area (Å²) in [5.74, 6) is 0.348. The number of piperidine rings is 1. The van der Waals surface area contributed by atoms with Gasteiger partial charge in [-0.1, -0.05) is 17.8 Å². The lowest BCUT2D eigenvalue weighted by atomic mass is 10.1. The Labute approximate surface area is 212 Å². The Kier molecular flexibility index (Phi) is 8.32. The fourth-order valence-corrected chi connectivity index (χ4v) is 5.71. The summed E-state index contributed by atoms with van der Waals surface area (Å²) in [6.07, 6.45) is 3.77. The molecule has 1 aromatic carbocycles. The number of aryl methyl sites for hydroxylation is 1. The van der Waals surface area contributed by atoms with Crippen LogP contribution in [0.1, 0.15) is 42.2 Å². The molecule has 3 N–H and O–H groups in total. The van der Waals surface area contributed by atoms with E-state index in [-0.39, 0.29) is 11.8 Å². The smallest absolute Gasteiger partial charge is 0.251 e. The normalized spacial score (nSPS) is 13.9. The van der Waals surface area contributed by atoms with Gasteiger partial charge >= 0.3 is 0 Å². The first-order chi connectivity index (χ1) is 16.9. The van der Waals surface area contributed by atoms with Gasteiger partial charge in [-0.2, -0.15) is 0 Å². The van der Waals surface area contributed by atoms with Crippen LogP contribution in [0, 0.1) is 6.92 Å². The zero-order valence-electron chi connectivity index (χ0n) is 20.1. The highest BCUT2D eigenvalue weighted by atomic mass is 32.1. The van der Waals surface area contributed by atoms with Crippen LogP contribution in [0.3, 0.4) is 0 Å². The Morgan fingerprint density at radius 2 is 1.94 bits per heavy atom. The Bertz CT molecular complexity index is 1190. The maximum absolute atomic E-state index is 12.7. The minimum absolute atomic E-state index is 0.113. The van der Waals surface area contributed by atoms with E-state index in [9.17, 15) is 9.59 Å². The molecular formula is C24H30N6O3S2. The largest absolute Gasteiger partial charge is 0.495 e. The van der Waals surface area contributed by atoms with Crippen molar-refractivity contribution < 1.29 is 14.3 Å². The van der Waals surface area contributed by atoms with Crippen molar-refractivity contribution in [3.63, 3.8) is 0 Å². The maximum atomic E-state index is 12.7. The number of benzene rings is 1. The number of hydrogen-bond acceptors (Lipinski definition) is 9. The molecule has 1 aliphatic rings. The van der Waals surface area contributed by atoms with E-state index >= 15 is 0 Å². The third-order valence-electron chi connectivity index (χ3n) is 5.68. The van der Waals surface area contributed by atoms with E-state index in [1.807, 2.05) is 12.3 Å². The molecule has 35 heavy (non-hydrogen) atoms. The number of carbonyl (C=O) groups is 2. The minimum atomic E-state index is -0.159. The van der Waals surface area contributed by atoms with E-state index in [4.69, 9.17) is 4.74 Å². The summed E-state index contributed by atoms with van der Waals surface area (Å²) in [7, 11) is 1.59. The van der Waals surface area contributed by atoms with Crippen LogP contribution in [-0.4, -0.2) is 60.0 Å². The van der Waals surface area contributed by atoms with Crippen molar-refractivity contribution in [2.45, 2.75) is 33.1 Å². The lowest BCUT2D eigenvalue weighted by molar-refractivity contribution is -0.114. The van der Waals surface area contributed by atoms with Crippen molar-refractivity contribution in [1.82, 2.24) is 20.2 Å². The first-order valence-corrected chi connectivity index (χ1v) is 13.3. The Hall–Kier alpha value is -3.02. The summed E-state index contributed by atoms with van der Waals surface area (Å²) in [5.41, 5.74) is 2.80. The van der Waals surface area contributed by atoms with Gasteiger partial charge in [0.25, 0.3) is 5.91 Å². The highest BCUT2D eigenvalue weighted by molar-refractivity contribution is 7.20. The zero-order chi connectivity index (χ0) is 24.8. The number of amides is 2. The Morgan fingerprint density at radius 3 is 2.69 bits per heavy atom. The van der Waals surface area contributed by atoms with Crippen LogP contribution in [0.25, 0.3) is 10.6 Å². The Morgan fingerprint density at radius 1 is 1.14 bits per heavy atom. The second-order valence-corrected chi connectivity index (χ2v) is 10.2. The number of hydrogen-bond donors (Lipinski definition) is 3. The van der Waals surface area contributed by atoms with E-state index < -0.39 is 0 Å². The summed E-state index contributed by atoms with van der Waals surface area (Å²) in [4.78, 5) is 36.5. The van der Waals surface area contributed by atoms with Crippen LogP contribution >= 0.6 is 22.7 Å². The zero-order valence-corrected chi connectivity index (χ0v) is 21.8. The van der Waals surface area contributed by atoms with Crippen molar-refractivity contribution in [1.29, 1.82) is 0 Å². The number of nitrogens with zero attached hydrogens (tertiary/aromatic N) is 3. The second-order valence-electron chi connectivity index (χ2n) is 8.35. The predicted molar refractivity (Wildman–Crippen MR) is 141 cm³/mol. The molecule has 9 nitrogen and oxygen atoms in total. The van der Waals surface area contributed by atoms with Gasteiger partial charge in [0.2, 0.25) is 5.91 Å². The average Bonchev–Trinajstić information content (AvgIpc) is 3.45. The number of carbonyl (C=O) groups excluding carboxylic acids is 2. The third-order valence-corrected chi connectivity index (χ3v) is 7.54. The first-order valence-electron chi connectivity index (χ1n) is 11.6. The number of ether oxygens (including phenoxy) is 1. The molecule has 3 aromatic rings. The first kappa shape index (κ1) is 25.1. The molecule has 186 valence electrons. The van der Waals surface area contributed by atoms with Crippen molar-refractivity contribution in [3.8, 4) is 16.3 Å². The highest BCUT2D eigenvalue weighted by Gasteiger charge is 2.16. The van der Waals surface area contributed by atoms with Crippen LogP contribution in [0.5, 0.6) is 5.75 Å². The van der Waals surface area contributed by atoms with E-state index in [1.165, 1.54) is 48.9 Å². The monoisotopic (exact) mass is 514 g/mol. The molecule has 1 aliphatic heterocycles. The van der Waals surface area contributed by atoms with E-state index in [0.717, 1.165) is 35.9 Å². The molecule has 4 rings (SSSR count). The van der Waals surface area contributed by atoms with Gasteiger partial charge in [-0.15, -0.1) is 11.3 Å². The number of methoxy groups -OCH3 is 1. The molecule has 0 spiro atoms. The van der Waals surface area contributed by atoms with Crippen LogP contribution in [0.2, 0.25) is 0 Å². The van der Waals surface area contributed by atoms with Crippen molar-refractivity contribution in [2.75, 3.05) is 43.9 Å². The summed E-state index contributed by atoms with van der Waals surface area (Å²) >= 11 is 2.83. The standard InChI is InChI=1S/C24H30N6O3S2/c1-15-21(35-24(26-15)27-16(2)31)19-14-34-23(29-19)28-18-13-17(7-8-20(18)33-3)22(32)25-9-12-30-10-5-4-6-11-30/h7-8,13-14H,4-6,9-12H2,1-3H3,(H,25,32)(H,28,29)(H,26,27,31). The number of thiazole rings is 2. The summed E-state index contributed by atoms with van der Waals surface area (Å²) in [6, 6.07) is 5.32. The van der Waals surface area contributed by atoms with Gasteiger partial charge in [-0.3, -0.25) is 9.59 Å². The van der Waals surface area contributed by atoms with E-state index in [2.05, 4.69) is 30.8 Å². The van der Waals surface area contributed by atoms with Crippen molar-refractivity contribution >= 4 is 50.4 Å². The average molecular weight is 515 g/mol. The molecule has 0 atom stereocenters. The number of aromatic nitrogens is 2. The fourth-order valence-electron chi connectivity index (χ4n) is 3.95. The second kappa shape index (κ2) is 11.6. The molecule has 1 fully saturated rings. The topological polar surface area (TPSA) is 108 Å². The Balaban J connectivity index is 1.43. The van der Waals surface area contributed by atoms with Gasteiger partial charge < -0.3 is 25.6 Å². The third kappa shape index (κ3) is 6.56. The fraction of sp³-hybridized carbons (Fsp3) is 0.417. The highest BCUT2D eigenvalue weighted by Crippen LogP contribution is 2.36. The molecule has 2 aromatic heterocycles.